The molecular formula is C18H28N4O3. The quantitative estimate of drug-likeness (QED) is 0.796. The molecule has 0 N–H and O–H groups in total. The van der Waals surface area contributed by atoms with Gasteiger partial charge in [0.1, 0.15) is 6.54 Å². The van der Waals surface area contributed by atoms with Gasteiger partial charge in [0.25, 0.3) is 5.56 Å². The lowest BCUT2D eigenvalue weighted by atomic mass is 10.0. The number of piperidine rings is 1. The molecule has 1 aromatic rings. The molecule has 2 aliphatic heterocycles. The summed E-state index contributed by atoms with van der Waals surface area (Å²) in [7, 11) is 1.78. The fourth-order valence-corrected chi connectivity index (χ4v) is 3.79. The Bertz CT molecular complexity index is 679. The maximum Gasteiger partial charge on any atom is 0.256 e. The third-order valence-electron chi connectivity index (χ3n) is 5.66. The van der Waals surface area contributed by atoms with Gasteiger partial charge in [0.05, 0.1) is 12.4 Å². The Labute approximate surface area is 148 Å². The molecule has 0 radical (unpaired) electrons. The number of hydrogen-bond acceptors (Lipinski definition) is 5. The van der Waals surface area contributed by atoms with Crippen LogP contribution in [-0.2, 0) is 16.1 Å². The van der Waals surface area contributed by atoms with Crippen molar-refractivity contribution in [3.05, 3.63) is 27.9 Å². The van der Waals surface area contributed by atoms with E-state index < -0.39 is 0 Å². The number of nitrogens with zero attached hydrogens (tertiary/aromatic N) is 4. The lowest BCUT2D eigenvalue weighted by Crippen LogP contribution is -2.47. The topological polar surface area (TPSA) is 67.7 Å². The van der Waals surface area contributed by atoms with Gasteiger partial charge in [-0.1, -0.05) is 0 Å². The number of aryl methyl sites for hydroxylation is 1. The molecule has 2 fully saturated rings. The zero-order chi connectivity index (χ0) is 18.0. The summed E-state index contributed by atoms with van der Waals surface area (Å²) in [4.78, 5) is 33.3. The molecule has 1 amide bonds. The highest BCUT2D eigenvalue weighted by molar-refractivity contribution is 5.76. The Balaban J connectivity index is 1.54. The van der Waals surface area contributed by atoms with Gasteiger partial charge in [-0.2, -0.15) is 0 Å². The Morgan fingerprint density at radius 3 is 2.60 bits per heavy atom. The first kappa shape index (κ1) is 18.1. The van der Waals surface area contributed by atoms with Crippen LogP contribution in [0.4, 0.5) is 0 Å². The van der Waals surface area contributed by atoms with E-state index in [-0.39, 0.29) is 18.0 Å². The van der Waals surface area contributed by atoms with E-state index in [2.05, 4.69) is 9.88 Å². The number of amides is 1. The van der Waals surface area contributed by atoms with Crippen LogP contribution in [0.15, 0.2) is 11.1 Å². The minimum Gasteiger partial charge on any atom is -0.380 e. The number of ether oxygens (including phenoxy) is 1. The van der Waals surface area contributed by atoms with Gasteiger partial charge in [-0.15, -0.1) is 0 Å². The van der Waals surface area contributed by atoms with Gasteiger partial charge in [-0.3, -0.25) is 19.1 Å². The van der Waals surface area contributed by atoms with Gasteiger partial charge in [0.15, 0.2) is 0 Å². The van der Waals surface area contributed by atoms with Crippen LogP contribution in [0.25, 0.3) is 0 Å². The van der Waals surface area contributed by atoms with Crippen LogP contribution < -0.4 is 5.56 Å². The highest BCUT2D eigenvalue weighted by atomic mass is 16.5. The van der Waals surface area contributed by atoms with E-state index in [0.717, 1.165) is 51.1 Å². The van der Waals surface area contributed by atoms with E-state index in [1.807, 2.05) is 4.90 Å². The van der Waals surface area contributed by atoms with E-state index in [4.69, 9.17) is 4.74 Å². The molecule has 7 nitrogen and oxygen atoms in total. The summed E-state index contributed by atoms with van der Waals surface area (Å²) in [6, 6.07) is 0.537. The number of likely N-dealkylation sites (tertiary alicyclic amines) is 2. The second-order valence-electron chi connectivity index (χ2n) is 7.14. The lowest BCUT2D eigenvalue weighted by molar-refractivity contribution is -0.133. The van der Waals surface area contributed by atoms with Gasteiger partial charge in [0.2, 0.25) is 5.91 Å². The van der Waals surface area contributed by atoms with Crippen molar-refractivity contribution in [2.24, 2.45) is 0 Å². The largest absolute Gasteiger partial charge is 0.380 e. The van der Waals surface area contributed by atoms with E-state index in [1.165, 1.54) is 10.9 Å². The van der Waals surface area contributed by atoms with Crippen molar-refractivity contribution in [1.82, 2.24) is 19.4 Å². The van der Waals surface area contributed by atoms with Crippen molar-refractivity contribution in [2.75, 3.05) is 33.3 Å². The molecule has 0 aliphatic carbocycles. The summed E-state index contributed by atoms with van der Waals surface area (Å²) in [5.74, 6) is 0.00166. The fourth-order valence-electron chi connectivity index (χ4n) is 3.79. The van der Waals surface area contributed by atoms with Crippen LogP contribution in [0.3, 0.4) is 0 Å². The molecule has 0 aromatic carbocycles. The second kappa shape index (κ2) is 7.66. The minimum atomic E-state index is -0.126. The summed E-state index contributed by atoms with van der Waals surface area (Å²) in [6.45, 7) is 7.22. The van der Waals surface area contributed by atoms with E-state index in [0.29, 0.717) is 17.7 Å². The van der Waals surface area contributed by atoms with Crippen LogP contribution in [-0.4, -0.2) is 70.7 Å². The molecule has 3 rings (SSSR count). The molecule has 138 valence electrons. The monoisotopic (exact) mass is 348 g/mol. The van der Waals surface area contributed by atoms with Gasteiger partial charge in [-0.05, 0) is 33.1 Å². The van der Waals surface area contributed by atoms with Crippen molar-refractivity contribution in [3.63, 3.8) is 0 Å². The first-order valence-corrected chi connectivity index (χ1v) is 9.07. The van der Waals surface area contributed by atoms with Gasteiger partial charge >= 0.3 is 0 Å². The molecule has 2 aliphatic rings. The average molecular weight is 348 g/mol. The van der Waals surface area contributed by atoms with Crippen molar-refractivity contribution in [2.45, 2.75) is 51.8 Å². The maximum absolute atomic E-state index is 12.5. The summed E-state index contributed by atoms with van der Waals surface area (Å²) in [6.07, 6.45) is 4.90. The predicted molar refractivity (Wildman–Crippen MR) is 94.6 cm³/mol. The number of hydrogen-bond donors (Lipinski definition) is 0. The first-order valence-electron chi connectivity index (χ1n) is 9.07. The van der Waals surface area contributed by atoms with Crippen molar-refractivity contribution in [3.8, 4) is 0 Å². The number of methoxy groups -OCH3 is 1. The number of carbonyl (C=O) groups is 1. The molecule has 0 bridgehead atoms. The summed E-state index contributed by atoms with van der Waals surface area (Å²) >= 11 is 0. The third kappa shape index (κ3) is 3.93. The zero-order valence-electron chi connectivity index (χ0n) is 15.4. The first-order chi connectivity index (χ1) is 12.0. The smallest absolute Gasteiger partial charge is 0.256 e. The Kier molecular flexibility index (Phi) is 5.54. The van der Waals surface area contributed by atoms with Crippen LogP contribution in [0.5, 0.6) is 0 Å². The van der Waals surface area contributed by atoms with Gasteiger partial charge in [0, 0.05) is 50.6 Å². The lowest BCUT2D eigenvalue weighted by Gasteiger charge is -2.36. The molecular weight excluding hydrogens is 320 g/mol. The second-order valence-corrected chi connectivity index (χ2v) is 7.14. The maximum atomic E-state index is 12.5. The van der Waals surface area contributed by atoms with Gasteiger partial charge < -0.3 is 9.64 Å². The van der Waals surface area contributed by atoms with Crippen LogP contribution >= 0.6 is 0 Å². The molecule has 1 unspecified atom stereocenters. The molecule has 0 saturated carbocycles. The van der Waals surface area contributed by atoms with Crippen molar-refractivity contribution < 1.29 is 9.53 Å². The Morgan fingerprint density at radius 1 is 1.24 bits per heavy atom. The SMILES string of the molecule is COC1CCN(C2CCN(C(=O)Cn3cnc(C)c(C)c3=O)CC2)C1. The molecule has 25 heavy (non-hydrogen) atoms. The molecule has 3 heterocycles. The highest BCUT2D eigenvalue weighted by Gasteiger charge is 2.31. The van der Waals surface area contributed by atoms with Crippen LogP contribution in [0, 0.1) is 13.8 Å². The van der Waals surface area contributed by atoms with Crippen LogP contribution in [0.1, 0.15) is 30.5 Å². The molecule has 1 aromatic heterocycles. The van der Waals surface area contributed by atoms with Crippen molar-refractivity contribution >= 4 is 5.91 Å². The average Bonchev–Trinajstić information content (AvgIpc) is 3.11. The standard InChI is InChI=1S/C18H28N4O3/c1-13-14(2)19-12-22(18(13)24)11-17(23)20-7-4-15(5-8-20)21-9-6-16(10-21)25-3/h12,15-16H,4-11H2,1-3H3. The van der Waals surface area contributed by atoms with Crippen molar-refractivity contribution in [1.29, 1.82) is 0 Å². The predicted octanol–water partition coefficient (Wildman–Crippen LogP) is 0.572. The summed E-state index contributed by atoms with van der Waals surface area (Å²) in [5.41, 5.74) is 1.20. The number of rotatable bonds is 4. The molecule has 0 spiro atoms. The zero-order valence-corrected chi connectivity index (χ0v) is 15.4. The molecule has 7 heteroatoms. The normalized spacial score (nSPS) is 22.5. The number of carbonyl (C=O) groups excluding carboxylic acids is 1. The fraction of sp³-hybridized carbons (Fsp3) is 0.722. The third-order valence-corrected chi connectivity index (χ3v) is 5.66. The van der Waals surface area contributed by atoms with E-state index >= 15 is 0 Å². The minimum absolute atomic E-state index is 0.00166. The van der Waals surface area contributed by atoms with E-state index in [9.17, 15) is 9.59 Å². The summed E-state index contributed by atoms with van der Waals surface area (Å²) < 4.78 is 6.86. The van der Waals surface area contributed by atoms with Gasteiger partial charge in [-0.25, -0.2) is 4.98 Å². The molecule has 1 atom stereocenters. The molecule has 2 saturated heterocycles. The summed E-state index contributed by atoms with van der Waals surface area (Å²) in [5, 5.41) is 0. The van der Waals surface area contributed by atoms with Crippen LogP contribution in [0.2, 0.25) is 0 Å². The Morgan fingerprint density at radius 2 is 1.96 bits per heavy atom. The van der Waals surface area contributed by atoms with E-state index in [1.54, 1.807) is 21.0 Å². The number of aromatic nitrogens is 2. The Hall–Kier alpha value is -1.73. The highest BCUT2D eigenvalue weighted by Crippen LogP contribution is 2.22.